The van der Waals surface area contributed by atoms with Crippen molar-refractivity contribution in [3.63, 3.8) is 0 Å². The number of nitrogens with zero attached hydrogens (tertiary/aromatic N) is 6. The SMILES string of the molecule is CN[C@H](Cc1ccccc1)C(=O)Nc1ccc(C)c(-c2ccc3ccncc3c2)c1.COc1cc(OC)cc(C(=O)Nc2ccc(C)c(-c3ccc4ccncc4c3)c2)c1.Cc1ccc(NC(=O)c2cccc(N(C)C)c2)cc1-c1cccc(/C=C/C(=O)O)c1.Cc1ccc(NC(=O)c2cccc(OC(F)(F)F)c2)cc1-c1ccc2ccncc2c1.Cc1ccc(NC(=O)c2cccc[n+]2O)cc1-c1ccc2ccncc2c1. The first-order valence-corrected chi connectivity index (χ1v) is 47.2. The van der Waals surface area contributed by atoms with Crippen molar-refractivity contribution in [1.82, 2.24) is 25.3 Å². The number of nitrogens with one attached hydrogen (secondary N) is 6. The Morgan fingerprint density at radius 1 is 0.378 bits per heavy atom. The van der Waals surface area contributed by atoms with Crippen molar-refractivity contribution in [2.24, 2.45) is 0 Å². The van der Waals surface area contributed by atoms with E-state index in [-0.39, 0.29) is 40.9 Å². The van der Waals surface area contributed by atoms with Gasteiger partial charge in [0.05, 0.1) is 20.3 Å². The van der Waals surface area contributed by atoms with Crippen LogP contribution < -0.4 is 55.7 Å². The summed E-state index contributed by atoms with van der Waals surface area (Å²) in [6.45, 7) is 10.1. The lowest BCUT2D eigenvalue weighted by Crippen LogP contribution is -2.40. The summed E-state index contributed by atoms with van der Waals surface area (Å²) in [6.07, 6.45) is 14.4. The Balaban J connectivity index is 0.000000139. The van der Waals surface area contributed by atoms with Gasteiger partial charge >= 0.3 is 23.9 Å². The molecule has 0 fully saturated rings. The first kappa shape index (κ1) is 104. The lowest BCUT2D eigenvalue weighted by molar-refractivity contribution is -0.905. The van der Waals surface area contributed by atoms with E-state index in [1.54, 1.807) is 99.8 Å². The number of ether oxygens (including phenoxy) is 3. The number of aromatic nitrogens is 5. The number of likely N-dealkylation sites (N-methyl/N-ethyl adjacent to an activating group) is 1. The molecule has 148 heavy (non-hydrogen) atoms. The fourth-order valence-electron chi connectivity index (χ4n) is 16.6. The minimum Gasteiger partial charge on any atom is -0.497 e. The first-order chi connectivity index (χ1) is 71.4. The molecule has 5 heterocycles. The van der Waals surface area contributed by atoms with E-state index in [0.717, 1.165) is 172 Å². The predicted octanol–water partition coefficient (Wildman–Crippen LogP) is 25.9. The lowest BCUT2D eigenvalue weighted by Gasteiger charge is -2.17. The molecule has 26 heteroatoms. The Morgan fingerprint density at radius 2 is 0.757 bits per heavy atom. The van der Waals surface area contributed by atoms with Gasteiger partial charge in [-0.05, 0) is 340 Å². The van der Waals surface area contributed by atoms with E-state index in [0.29, 0.717) is 51.8 Å². The average Bonchev–Trinajstić information content (AvgIpc) is 0.776. The molecule has 740 valence electrons. The number of halogens is 3. The van der Waals surface area contributed by atoms with Crippen LogP contribution in [0.3, 0.4) is 0 Å². The smallest absolute Gasteiger partial charge is 0.497 e. The second-order valence-corrected chi connectivity index (χ2v) is 35.1. The maximum absolute atomic E-state index is 12.9. The number of aliphatic carboxylic acids is 1. The molecule has 23 nitrogen and oxygen atoms in total. The van der Waals surface area contributed by atoms with Crippen molar-refractivity contribution in [3.8, 4) is 72.9 Å². The van der Waals surface area contributed by atoms with E-state index in [2.05, 4.69) is 125 Å². The van der Waals surface area contributed by atoms with Gasteiger partial charge in [0.2, 0.25) is 12.1 Å². The van der Waals surface area contributed by atoms with Crippen molar-refractivity contribution in [2.75, 3.05) is 66.8 Å². The second-order valence-electron chi connectivity index (χ2n) is 35.1. The average molecular weight is 1970 g/mol. The highest BCUT2D eigenvalue weighted by atomic mass is 19.4. The number of carbonyl (C=O) groups is 6. The van der Waals surface area contributed by atoms with Crippen LogP contribution in [0.2, 0.25) is 0 Å². The molecule has 19 rings (SSSR count). The third-order valence-corrected chi connectivity index (χ3v) is 24.5. The number of alkyl halides is 3. The zero-order chi connectivity index (χ0) is 104. The number of rotatable bonds is 24. The van der Waals surface area contributed by atoms with E-state index in [1.807, 2.05) is 266 Å². The molecule has 0 spiro atoms. The molecule has 0 saturated carbocycles. The summed E-state index contributed by atoms with van der Waals surface area (Å²) in [6, 6.07) is 101. The number of carboxylic acid groups (broad SMARTS) is 1. The van der Waals surface area contributed by atoms with Crippen LogP contribution in [-0.2, 0) is 16.0 Å². The molecule has 19 aromatic rings. The molecule has 0 saturated heterocycles. The molecule has 0 radical (unpaired) electrons. The summed E-state index contributed by atoms with van der Waals surface area (Å²) in [5.74, 6) is -1.67. The fourth-order valence-corrected chi connectivity index (χ4v) is 16.6. The highest BCUT2D eigenvalue weighted by Crippen LogP contribution is 2.38. The van der Waals surface area contributed by atoms with Crippen LogP contribution in [-0.4, -0.2) is 114 Å². The standard InChI is InChI=1S/C26H25N3O.C25H22N2O3.C25H24N2O3.C24H17F3N2O2.C22H17N3O2/c1-18-8-11-23(29-26(30)25(27-2)14-19-6-4-3-5-7-19)16-24(18)21-10-9-20-12-13-28-17-22(20)15-21;1-16-4-7-21(27-25(28)19-11-22(29-2)14-23(12-19)30-3)13-24(16)18-6-5-17-8-9-26-15-20(17)10-18;1-17-10-12-21(26-25(30)20-8-5-9-22(15-20)27(2)3)16-23(17)19-7-4-6-18(14-19)11-13-24(28)29;1-15-5-8-20(13-22(15)17-7-6-16-9-10-28-14-19(16)11-17)29-23(30)18-3-2-4-21(12-18)31-24(25,26)27;1-15-5-8-19(24-22(26)21-4-2-3-11-25(21)27)13-20(15)17-7-6-16-9-10-23-14-18(16)12-17/h3-13,15-17,25,27H,14H2,1-2H3,(H,29,30);4-15H,1-3H3,(H,27,28);4-16H,1-3H3,(H,26,30)(H,28,29);2-14H,1H3,(H,29,30);2-14H,1H3,(H-,24,26,27)/p+1/b;;13-11+;;/t25-;;;;/m1..../s1. The third-order valence-electron chi connectivity index (χ3n) is 24.5. The Labute approximate surface area is 854 Å². The van der Waals surface area contributed by atoms with Gasteiger partial charge in [0.1, 0.15) is 17.2 Å². The fraction of sp³-hybridized carbons (Fsp3) is 0.107. The number of anilines is 6. The molecule has 14 aromatic carbocycles. The Hall–Kier alpha value is -18.8. The number of benzene rings is 14. The molecule has 8 N–H and O–H groups in total. The number of fused-ring (bicyclic) bond motifs is 4. The van der Waals surface area contributed by atoms with Crippen LogP contribution in [0, 0.1) is 34.6 Å². The molecule has 1 atom stereocenters. The number of hydrogen-bond donors (Lipinski definition) is 8. The van der Waals surface area contributed by atoms with Gasteiger partial charge in [0.25, 0.3) is 17.7 Å². The van der Waals surface area contributed by atoms with Crippen molar-refractivity contribution in [2.45, 2.75) is 53.4 Å². The number of aryl methyl sites for hydroxylation is 5. The highest BCUT2D eigenvalue weighted by molar-refractivity contribution is 6.08. The monoisotopic (exact) mass is 1970 g/mol. The summed E-state index contributed by atoms with van der Waals surface area (Å²) >= 11 is 0. The molecular weight excluding hydrogens is 1870 g/mol. The summed E-state index contributed by atoms with van der Waals surface area (Å²) in [5.41, 5.74) is 23.3. The van der Waals surface area contributed by atoms with Gasteiger partial charge in [-0.1, -0.05) is 140 Å². The second kappa shape index (κ2) is 48.3. The summed E-state index contributed by atoms with van der Waals surface area (Å²) < 4.78 is 52.5. The van der Waals surface area contributed by atoms with Gasteiger partial charge in [0, 0.05) is 165 Å². The van der Waals surface area contributed by atoms with Crippen LogP contribution in [0.15, 0.2) is 389 Å². The van der Waals surface area contributed by atoms with E-state index < -0.39 is 24.0 Å². The molecule has 0 aliphatic heterocycles. The Kier molecular flexibility index (Phi) is 33.8. The zero-order valence-corrected chi connectivity index (χ0v) is 82.7. The number of carboxylic acids is 1. The molecule has 0 aliphatic rings. The first-order valence-electron chi connectivity index (χ1n) is 47.2. The maximum Gasteiger partial charge on any atom is 0.573 e. The van der Waals surface area contributed by atoms with Crippen molar-refractivity contribution in [1.29, 1.82) is 0 Å². The Morgan fingerprint density at radius 3 is 1.16 bits per heavy atom. The molecule has 5 amide bonds. The highest BCUT2D eigenvalue weighted by Gasteiger charge is 2.32. The van der Waals surface area contributed by atoms with Crippen LogP contribution in [0.4, 0.5) is 47.3 Å². The van der Waals surface area contributed by atoms with E-state index >= 15 is 0 Å². The number of carbonyl (C=O) groups excluding carboxylic acids is 5. The summed E-state index contributed by atoms with van der Waals surface area (Å²) in [7, 11) is 8.80. The van der Waals surface area contributed by atoms with Gasteiger partial charge in [-0.25, -0.2) is 4.79 Å². The van der Waals surface area contributed by atoms with Gasteiger partial charge in [-0.15, -0.1) is 13.2 Å². The predicted molar refractivity (Wildman–Crippen MR) is 582 cm³/mol. The quantitative estimate of drug-likeness (QED) is 0.0158. The normalized spacial score (nSPS) is 11.1. The topological polar surface area (TPSA) is 301 Å². The zero-order valence-electron chi connectivity index (χ0n) is 82.7. The maximum atomic E-state index is 12.9. The minimum atomic E-state index is -4.82. The van der Waals surface area contributed by atoms with E-state index in [1.165, 1.54) is 18.3 Å². The summed E-state index contributed by atoms with van der Waals surface area (Å²) in [4.78, 5) is 93.0. The minimum absolute atomic E-state index is 0.0427. The van der Waals surface area contributed by atoms with Crippen molar-refractivity contribution in [3.05, 3.63) is 451 Å². The van der Waals surface area contributed by atoms with Crippen LogP contribution in [0.5, 0.6) is 17.2 Å². The van der Waals surface area contributed by atoms with E-state index in [9.17, 15) is 47.1 Å². The molecule has 5 aromatic heterocycles. The lowest BCUT2D eigenvalue weighted by atomic mass is 9.97. The third kappa shape index (κ3) is 27.5. The largest absolute Gasteiger partial charge is 0.573 e. The van der Waals surface area contributed by atoms with Crippen molar-refractivity contribution >= 4 is 119 Å². The number of pyridine rings is 5. The van der Waals surface area contributed by atoms with Gasteiger partial charge in [-0.3, -0.25) is 49.1 Å². The van der Waals surface area contributed by atoms with Crippen molar-refractivity contribution < 1.29 is 71.2 Å². The molecular formula is C122H106F3N12O11+. The number of amides is 5. The van der Waals surface area contributed by atoms with E-state index in [4.69, 9.17) is 14.6 Å². The van der Waals surface area contributed by atoms with Crippen LogP contribution >= 0.6 is 0 Å². The molecule has 0 unspecified atom stereocenters. The molecule has 0 bridgehead atoms. The van der Waals surface area contributed by atoms with Gasteiger partial charge in [-0.2, -0.15) is 0 Å². The van der Waals surface area contributed by atoms with Crippen LogP contribution in [0.1, 0.15) is 80.5 Å². The van der Waals surface area contributed by atoms with Crippen LogP contribution in [0.25, 0.3) is 105 Å². The van der Waals surface area contributed by atoms with Gasteiger partial charge < -0.3 is 56.1 Å². The number of hydrogen-bond acceptors (Lipinski definition) is 16. The molecule has 0 aliphatic carbocycles. The number of methoxy groups -OCH3 is 2. The Bertz CT molecular complexity index is 8120. The summed E-state index contributed by atoms with van der Waals surface area (Å²) in [5, 5.41) is 45.1. The van der Waals surface area contributed by atoms with Gasteiger partial charge in [0.15, 0.2) is 0 Å².